The number of nitrogens with zero attached hydrogens (tertiary/aromatic N) is 2. The van der Waals surface area contributed by atoms with E-state index >= 15 is 0 Å². The van der Waals surface area contributed by atoms with E-state index in [0.717, 1.165) is 23.6 Å². The summed E-state index contributed by atoms with van der Waals surface area (Å²) in [4.78, 5) is 39.5. The fourth-order valence-corrected chi connectivity index (χ4v) is 7.57. The fraction of sp³-hybridized carbons (Fsp3) is 0.485. The Morgan fingerprint density at radius 1 is 0.933 bits per heavy atom. The first kappa shape index (κ1) is 34.3. The van der Waals surface area contributed by atoms with Crippen LogP contribution >= 0.6 is 11.6 Å². The Kier molecular flexibility index (Phi) is 9.94. The zero-order valence-corrected chi connectivity index (χ0v) is 28.4. The van der Waals surface area contributed by atoms with E-state index < -0.39 is 45.4 Å². The highest BCUT2D eigenvalue weighted by atomic mass is 35.5. The summed E-state index contributed by atoms with van der Waals surface area (Å²) >= 11 is 6.57. The largest absolute Gasteiger partial charge is 0.469 e. The van der Waals surface area contributed by atoms with Gasteiger partial charge >= 0.3 is 18.2 Å². The van der Waals surface area contributed by atoms with Crippen molar-refractivity contribution < 1.29 is 37.0 Å². The van der Waals surface area contributed by atoms with Gasteiger partial charge in [0.15, 0.2) is 0 Å². The van der Waals surface area contributed by atoms with E-state index in [1.807, 2.05) is 0 Å². The Morgan fingerprint density at radius 3 is 2.16 bits per heavy atom. The third-order valence-electron chi connectivity index (χ3n) is 7.33. The summed E-state index contributed by atoms with van der Waals surface area (Å²) < 4.78 is 47.3. The predicted molar refractivity (Wildman–Crippen MR) is 172 cm³/mol. The molecule has 0 spiro atoms. The Hall–Kier alpha value is -3.57. The van der Waals surface area contributed by atoms with E-state index in [1.54, 1.807) is 71.9 Å². The number of benzene rings is 2. The van der Waals surface area contributed by atoms with Crippen LogP contribution in [0.5, 0.6) is 0 Å². The Bertz CT molecular complexity index is 1710. The van der Waals surface area contributed by atoms with Gasteiger partial charge in [-0.15, -0.1) is 0 Å². The molecule has 0 bridgehead atoms. The van der Waals surface area contributed by atoms with Crippen molar-refractivity contribution in [3.05, 3.63) is 53.1 Å². The number of sulfonamides is 1. The molecular formula is C33H41ClN2O8S. The summed E-state index contributed by atoms with van der Waals surface area (Å²) in [5.41, 5.74) is -0.396. The second kappa shape index (κ2) is 13.0. The summed E-state index contributed by atoms with van der Waals surface area (Å²) in [7, 11) is -3.29. The molecule has 1 fully saturated rings. The first-order valence-corrected chi connectivity index (χ1v) is 16.8. The number of aromatic nitrogens is 1. The Balaban J connectivity index is 1.98. The molecule has 4 rings (SSSR count). The van der Waals surface area contributed by atoms with Gasteiger partial charge in [-0.25, -0.2) is 22.6 Å². The second-order valence-corrected chi connectivity index (χ2v) is 15.3. The molecule has 1 aliphatic carbocycles. The average Bonchev–Trinajstić information content (AvgIpc) is 3.26. The maximum atomic E-state index is 14.4. The van der Waals surface area contributed by atoms with Crippen LogP contribution in [0.1, 0.15) is 79.2 Å². The van der Waals surface area contributed by atoms with E-state index in [9.17, 15) is 22.8 Å². The molecule has 0 atom stereocenters. The summed E-state index contributed by atoms with van der Waals surface area (Å²) in [6.45, 7) is 10.2. The summed E-state index contributed by atoms with van der Waals surface area (Å²) in [5, 5.41) is 0.471. The molecule has 12 heteroatoms. The van der Waals surface area contributed by atoms with Crippen LogP contribution in [0.4, 0.5) is 9.59 Å². The predicted octanol–water partition coefficient (Wildman–Crippen LogP) is 7.72. The number of para-hydroxylation sites is 1. The fourth-order valence-electron chi connectivity index (χ4n) is 5.52. The van der Waals surface area contributed by atoms with Gasteiger partial charge in [0.25, 0.3) is 10.0 Å². The van der Waals surface area contributed by atoms with Gasteiger partial charge in [0.05, 0.1) is 35.8 Å². The molecule has 0 aliphatic heterocycles. The monoisotopic (exact) mass is 660 g/mol. The number of halogens is 1. The minimum atomic E-state index is -4.56. The van der Waals surface area contributed by atoms with Crippen LogP contribution in [-0.2, 0) is 35.4 Å². The molecule has 0 N–H and O–H groups in total. The quantitative estimate of drug-likeness (QED) is 0.195. The SMILES string of the molecule is COC(=O)Cc1c(-c2ccc(Cl)c(S(=O)(=O)N(C(=O)OC(C)(C)C)C3CCCCC3)c2)n(C(=O)OC(C)(C)C)c2ccccc12. The van der Waals surface area contributed by atoms with Crippen molar-refractivity contribution in [2.75, 3.05) is 7.11 Å². The van der Waals surface area contributed by atoms with Crippen LogP contribution in [0.25, 0.3) is 22.2 Å². The average molecular weight is 661 g/mol. The van der Waals surface area contributed by atoms with Crippen LogP contribution in [0.15, 0.2) is 47.4 Å². The van der Waals surface area contributed by atoms with Crippen LogP contribution in [0, 0.1) is 0 Å². The molecule has 1 saturated carbocycles. The minimum absolute atomic E-state index is 0.113. The highest BCUT2D eigenvalue weighted by Gasteiger charge is 2.40. The maximum Gasteiger partial charge on any atom is 0.424 e. The van der Waals surface area contributed by atoms with E-state index in [1.165, 1.54) is 23.8 Å². The first-order chi connectivity index (χ1) is 20.9. The summed E-state index contributed by atoms with van der Waals surface area (Å²) in [6.07, 6.45) is 1.54. The van der Waals surface area contributed by atoms with Crippen LogP contribution in [-0.4, -0.2) is 59.8 Å². The summed E-state index contributed by atoms with van der Waals surface area (Å²) in [6, 6.07) is 10.7. The van der Waals surface area contributed by atoms with E-state index in [-0.39, 0.29) is 27.6 Å². The zero-order chi connectivity index (χ0) is 33.3. The van der Waals surface area contributed by atoms with Crippen molar-refractivity contribution in [3.63, 3.8) is 0 Å². The lowest BCUT2D eigenvalue weighted by Crippen LogP contribution is -2.47. The standard InChI is InChI=1S/C33H41ClN2O8S/c1-32(2,3)43-30(38)35-26-16-12-11-15-23(26)24(20-28(37)42-7)29(35)21-17-18-25(34)27(19-21)45(40,41)36(22-13-9-8-10-14-22)31(39)44-33(4,5)6/h11-12,15-19,22H,8-10,13-14,20H2,1-7H3. The van der Waals surface area contributed by atoms with Gasteiger partial charge in [0.2, 0.25) is 0 Å². The number of carbonyl (C=O) groups is 3. The molecule has 0 unspecified atom stereocenters. The van der Waals surface area contributed by atoms with E-state index in [4.69, 9.17) is 25.8 Å². The topological polar surface area (TPSA) is 121 Å². The smallest absolute Gasteiger partial charge is 0.424 e. The first-order valence-electron chi connectivity index (χ1n) is 14.9. The Labute approximate surface area is 269 Å². The number of ether oxygens (including phenoxy) is 3. The van der Waals surface area contributed by atoms with E-state index in [2.05, 4.69) is 0 Å². The number of carbonyl (C=O) groups excluding carboxylic acids is 3. The molecule has 244 valence electrons. The van der Waals surface area contributed by atoms with E-state index in [0.29, 0.717) is 29.3 Å². The van der Waals surface area contributed by atoms with Gasteiger partial charge in [-0.3, -0.25) is 4.79 Å². The molecule has 0 radical (unpaired) electrons. The molecule has 3 aromatic rings. The molecule has 0 saturated heterocycles. The highest BCUT2D eigenvalue weighted by molar-refractivity contribution is 7.89. The van der Waals surface area contributed by atoms with Crippen molar-refractivity contribution in [2.24, 2.45) is 0 Å². The molecule has 2 aromatic carbocycles. The lowest BCUT2D eigenvalue weighted by molar-refractivity contribution is -0.139. The number of methoxy groups -OCH3 is 1. The second-order valence-electron chi connectivity index (χ2n) is 13.1. The minimum Gasteiger partial charge on any atom is -0.469 e. The number of hydrogen-bond acceptors (Lipinski definition) is 8. The molecule has 10 nitrogen and oxygen atoms in total. The lowest BCUT2D eigenvalue weighted by atomic mass is 9.96. The van der Waals surface area contributed by atoms with Crippen LogP contribution in [0.2, 0.25) is 5.02 Å². The van der Waals surface area contributed by atoms with Crippen molar-refractivity contribution in [1.82, 2.24) is 8.87 Å². The zero-order valence-electron chi connectivity index (χ0n) is 26.8. The number of fused-ring (bicyclic) bond motifs is 1. The maximum absolute atomic E-state index is 14.4. The third-order valence-corrected chi connectivity index (χ3v) is 9.63. The lowest BCUT2D eigenvalue weighted by Gasteiger charge is -2.34. The van der Waals surface area contributed by atoms with Crippen LogP contribution < -0.4 is 0 Å². The molecule has 1 aliphatic rings. The van der Waals surface area contributed by atoms with Crippen molar-refractivity contribution in [3.8, 4) is 11.3 Å². The van der Waals surface area contributed by atoms with Gasteiger partial charge < -0.3 is 14.2 Å². The van der Waals surface area contributed by atoms with Crippen molar-refractivity contribution >= 4 is 50.7 Å². The van der Waals surface area contributed by atoms with Gasteiger partial charge in [-0.2, -0.15) is 4.31 Å². The molecule has 45 heavy (non-hydrogen) atoms. The molecular weight excluding hydrogens is 620 g/mol. The third kappa shape index (κ3) is 7.64. The van der Waals surface area contributed by atoms with Gasteiger partial charge in [-0.1, -0.05) is 55.1 Å². The number of rotatable bonds is 6. The van der Waals surface area contributed by atoms with Crippen molar-refractivity contribution in [2.45, 2.75) is 102 Å². The Morgan fingerprint density at radius 2 is 1.56 bits per heavy atom. The molecule has 1 amide bonds. The molecule has 1 heterocycles. The van der Waals surface area contributed by atoms with Gasteiger partial charge in [0, 0.05) is 10.9 Å². The normalized spacial score (nSPS) is 14.7. The van der Waals surface area contributed by atoms with Gasteiger partial charge in [0.1, 0.15) is 16.1 Å². The molecule has 1 aromatic heterocycles. The van der Waals surface area contributed by atoms with Crippen molar-refractivity contribution in [1.29, 1.82) is 0 Å². The summed E-state index contributed by atoms with van der Waals surface area (Å²) in [5.74, 6) is -0.557. The number of hydrogen-bond donors (Lipinski definition) is 0. The van der Waals surface area contributed by atoms with Gasteiger partial charge in [-0.05, 0) is 78.1 Å². The highest BCUT2D eigenvalue weighted by Crippen LogP contribution is 2.39. The number of esters is 1. The van der Waals surface area contributed by atoms with Crippen LogP contribution in [0.3, 0.4) is 0 Å². The number of amides is 1.